The van der Waals surface area contributed by atoms with Crippen molar-refractivity contribution in [2.75, 3.05) is 19.6 Å². The summed E-state index contributed by atoms with van der Waals surface area (Å²) in [4.78, 5) is 13.9. The van der Waals surface area contributed by atoms with Gasteiger partial charge in [-0.05, 0) is 18.8 Å². The highest BCUT2D eigenvalue weighted by molar-refractivity contribution is 5.80. The molecule has 1 saturated heterocycles. The van der Waals surface area contributed by atoms with Gasteiger partial charge >= 0.3 is 0 Å². The van der Waals surface area contributed by atoms with Crippen LogP contribution in [-0.2, 0) is 4.79 Å². The second kappa shape index (κ2) is 5.83. The Kier molecular flexibility index (Phi) is 4.95. The minimum Gasteiger partial charge on any atom is -0.386 e. The lowest BCUT2D eigenvalue weighted by Gasteiger charge is -2.47. The van der Waals surface area contributed by atoms with Gasteiger partial charge in [0.15, 0.2) is 0 Å². The highest BCUT2D eigenvalue weighted by atomic mass is 16.3. The van der Waals surface area contributed by atoms with E-state index in [9.17, 15) is 9.90 Å². The lowest BCUT2D eigenvalue weighted by atomic mass is 9.87. The van der Waals surface area contributed by atoms with Crippen LogP contribution in [0.15, 0.2) is 0 Å². The number of carbonyl (C=O) groups is 1. The smallest absolute Gasteiger partial charge is 0.227 e. The van der Waals surface area contributed by atoms with Crippen molar-refractivity contribution in [2.24, 2.45) is 17.6 Å². The van der Waals surface area contributed by atoms with Crippen molar-refractivity contribution in [2.45, 2.75) is 45.6 Å². The maximum absolute atomic E-state index is 12.1. The van der Waals surface area contributed by atoms with Gasteiger partial charge in [-0.1, -0.05) is 27.2 Å². The molecule has 0 aliphatic carbocycles. The van der Waals surface area contributed by atoms with Crippen LogP contribution in [0.25, 0.3) is 0 Å². The normalized spacial score (nSPS) is 20.2. The second-order valence-electron chi connectivity index (χ2n) is 5.73. The van der Waals surface area contributed by atoms with E-state index in [2.05, 4.69) is 13.8 Å². The lowest BCUT2D eigenvalue weighted by molar-refractivity contribution is -0.160. The highest BCUT2D eigenvalue weighted by Gasteiger charge is 2.43. The fourth-order valence-corrected chi connectivity index (χ4v) is 2.57. The van der Waals surface area contributed by atoms with Crippen molar-refractivity contribution >= 4 is 5.91 Å². The molecule has 3 N–H and O–H groups in total. The zero-order chi connectivity index (χ0) is 13.1. The summed E-state index contributed by atoms with van der Waals surface area (Å²) >= 11 is 0. The largest absolute Gasteiger partial charge is 0.386 e. The first-order valence-corrected chi connectivity index (χ1v) is 6.63. The molecule has 0 radical (unpaired) electrons. The van der Waals surface area contributed by atoms with Crippen LogP contribution in [-0.4, -0.2) is 41.1 Å². The minimum atomic E-state index is -0.638. The van der Waals surface area contributed by atoms with E-state index in [1.807, 2.05) is 6.92 Å². The van der Waals surface area contributed by atoms with Crippen molar-refractivity contribution in [3.63, 3.8) is 0 Å². The Morgan fingerprint density at radius 3 is 2.47 bits per heavy atom. The standard InChI is InChI=1S/C13H26N2O2/c1-4-5-13(17)8-15(9-13)12(16)11(7-14)6-10(2)3/h10-11,17H,4-9,14H2,1-3H3. The predicted octanol–water partition coefficient (Wildman–Crippen LogP) is 0.981. The third kappa shape index (κ3) is 3.68. The van der Waals surface area contributed by atoms with E-state index in [1.165, 1.54) is 0 Å². The second-order valence-corrected chi connectivity index (χ2v) is 5.73. The SMILES string of the molecule is CCCC1(O)CN(C(=O)C(CN)CC(C)C)C1. The van der Waals surface area contributed by atoms with Crippen LogP contribution >= 0.6 is 0 Å². The maximum atomic E-state index is 12.1. The number of likely N-dealkylation sites (tertiary alicyclic amines) is 1. The van der Waals surface area contributed by atoms with Gasteiger partial charge in [0.25, 0.3) is 0 Å². The molecule has 0 aromatic carbocycles. The average molecular weight is 242 g/mol. The van der Waals surface area contributed by atoms with Gasteiger partial charge in [0.2, 0.25) is 5.91 Å². The summed E-state index contributed by atoms with van der Waals surface area (Å²) in [5.74, 6) is 0.506. The Hall–Kier alpha value is -0.610. The fraction of sp³-hybridized carbons (Fsp3) is 0.923. The third-order valence-corrected chi connectivity index (χ3v) is 3.39. The first-order valence-electron chi connectivity index (χ1n) is 6.63. The van der Waals surface area contributed by atoms with Gasteiger partial charge < -0.3 is 15.7 Å². The topological polar surface area (TPSA) is 66.6 Å². The molecule has 1 fully saturated rings. The van der Waals surface area contributed by atoms with Crippen molar-refractivity contribution in [1.82, 2.24) is 4.90 Å². The molecule has 1 atom stereocenters. The Bertz CT molecular complexity index is 260. The molecule has 1 aliphatic rings. The van der Waals surface area contributed by atoms with Gasteiger partial charge in [0.1, 0.15) is 0 Å². The average Bonchev–Trinajstić information content (AvgIpc) is 2.21. The molecule has 1 unspecified atom stereocenters. The Morgan fingerprint density at radius 2 is 2.06 bits per heavy atom. The van der Waals surface area contributed by atoms with Crippen LogP contribution in [0, 0.1) is 11.8 Å². The van der Waals surface area contributed by atoms with Crippen molar-refractivity contribution in [1.29, 1.82) is 0 Å². The summed E-state index contributed by atoms with van der Waals surface area (Å²) in [5, 5.41) is 10.0. The molecular formula is C13H26N2O2. The summed E-state index contributed by atoms with van der Waals surface area (Å²) in [6.45, 7) is 7.60. The summed E-state index contributed by atoms with van der Waals surface area (Å²) in [6, 6.07) is 0. The monoisotopic (exact) mass is 242 g/mol. The van der Waals surface area contributed by atoms with Gasteiger partial charge in [0.05, 0.1) is 24.6 Å². The number of aliphatic hydroxyl groups is 1. The van der Waals surface area contributed by atoms with Gasteiger partial charge in [0, 0.05) is 6.54 Å². The highest BCUT2D eigenvalue weighted by Crippen LogP contribution is 2.28. The number of nitrogens with two attached hydrogens (primary N) is 1. The Morgan fingerprint density at radius 1 is 1.47 bits per heavy atom. The molecule has 4 nitrogen and oxygen atoms in total. The molecule has 1 rings (SSSR count). The molecule has 17 heavy (non-hydrogen) atoms. The van der Waals surface area contributed by atoms with Gasteiger partial charge in [-0.3, -0.25) is 4.79 Å². The van der Waals surface area contributed by atoms with Crippen LogP contribution in [0.1, 0.15) is 40.0 Å². The number of rotatable bonds is 6. The Balaban J connectivity index is 2.44. The molecule has 1 aliphatic heterocycles. The van der Waals surface area contributed by atoms with Crippen molar-refractivity contribution < 1.29 is 9.90 Å². The molecule has 0 aromatic heterocycles. The number of hydrogen-bond donors (Lipinski definition) is 2. The van der Waals surface area contributed by atoms with E-state index in [1.54, 1.807) is 4.90 Å². The molecule has 1 amide bonds. The van der Waals surface area contributed by atoms with Crippen molar-refractivity contribution in [3.8, 4) is 0 Å². The lowest BCUT2D eigenvalue weighted by Crippen LogP contribution is -2.64. The number of β-amino-alcohol motifs (C(OH)–C–C–N with tert-alkyl or cyclic N) is 1. The molecule has 0 spiro atoms. The van der Waals surface area contributed by atoms with E-state index < -0.39 is 5.60 Å². The van der Waals surface area contributed by atoms with Crippen LogP contribution < -0.4 is 5.73 Å². The zero-order valence-corrected chi connectivity index (χ0v) is 11.3. The number of amides is 1. The molecule has 0 bridgehead atoms. The van der Waals surface area contributed by atoms with E-state index in [0.29, 0.717) is 25.6 Å². The summed E-state index contributed by atoms with van der Waals surface area (Å²) < 4.78 is 0. The van der Waals surface area contributed by atoms with Crippen molar-refractivity contribution in [3.05, 3.63) is 0 Å². The number of nitrogens with zero attached hydrogens (tertiary/aromatic N) is 1. The number of carbonyl (C=O) groups excluding carboxylic acids is 1. The first-order chi connectivity index (χ1) is 7.91. The minimum absolute atomic E-state index is 0.0822. The third-order valence-electron chi connectivity index (χ3n) is 3.39. The van der Waals surface area contributed by atoms with E-state index in [0.717, 1.165) is 19.3 Å². The van der Waals surface area contributed by atoms with Crippen LogP contribution in [0.4, 0.5) is 0 Å². The van der Waals surface area contributed by atoms with E-state index in [-0.39, 0.29) is 11.8 Å². The van der Waals surface area contributed by atoms with Gasteiger partial charge in [-0.25, -0.2) is 0 Å². The van der Waals surface area contributed by atoms with E-state index in [4.69, 9.17) is 5.73 Å². The first kappa shape index (κ1) is 14.5. The number of hydrogen-bond acceptors (Lipinski definition) is 3. The summed E-state index contributed by atoms with van der Waals surface area (Å²) in [6.07, 6.45) is 2.55. The quantitative estimate of drug-likeness (QED) is 0.729. The summed E-state index contributed by atoms with van der Waals surface area (Å²) in [5.41, 5.74) is 5.02. The molecule has 1 heterocycles. The van der Waals surface area contributed by atoms with Gasteiger partial charge in [-0.2, -0.15) is 0 Å². The Labute approximate surface area is 104 Å². The molecule has 0 saturated carbocycles. The fourth-order valence-electron chi connectivity index (χ4n) is 2.57. The van der Waals surface area contributed by atoms with Gasteiger partial charge in [-0.15, -0.1) is 0 Å². The summed E-state index contributed by atoms with van der Waals surface area (Å²) in [7, 11) is 0. The maximum Gasteiger partial charge on any atom is 0.227 e. The van der Waals surface area contributed by atoms with E-state index >= 15 is 0 Å². The molecule has 4 heteroatoms. The van der Waals surface area contributed by atoms with Crippen LogP contribution in [0.2, 0.25) is 0 Å². The molecular weight excluding hydrogens is 216 g/mol. The molecule has 100 valence electrons. The molecule has 0 aromatic rings. The van der Waals surface area contributed by atoms with Crippen LogP contribution in [0.3, 0.4) is 0 Å². The predicted molar refractivity (Wildman–Crippen MR) is 68.4 cm³/mol. The zero-order valence-electron chi connectivity index (χ0n) is 11.3. The van der Waals surface area contributed by atoms with Crippen LogP contribution in [0.5, 0.6) is 0 Å².